The minimum atomic E-state index is -0.0840. The standard InChI is InChI=1S/C18H28N2O3.ClH/c1-5-20(6-2)13-7-12-19-18(21)11-9-15-8-10-16(22-3)17(14-15)23-4;/h8-11,14H,5-7,12-13H2,1-4H3,(H,19,21);1H. The molecule has 0 fully saturated rings. The second-order valence-electron chi connectivity index (χ2n) is 5.12. The first-order chi connectivity index (χ1) is 11.1. The molecule has 0 aliphatic heterocycles. The van der Waals surface area contributed by atoms with Gasteiger partial charge in [-0.25, -0.2) is 0 Å². The van der Waals surface area contributed by atoms with Crippen LogP contribution in [0.2, 0.25) is 0 Å². The lowest BCUT2D eigenvalue weighted by Gasteiger charge is -2.17. The number of carbonyl (C=O) groups excluding carboxylic acids is 1. The molecule has 6 heteroatoms. The fraction of sp³-hybridized carbons (Fsp3) is 0.500. The molecular formula is C18H29ClN2O3. The lowest BCUT2D eigenvalue weighted by molar-refractivity contribution is -0.116. The van der Waals surface area contributed by atoms with E-state index in [0.29, 0.717) is 18.0 Å². The molecular weight excluding hydrogens is 328 g/mol. The summed E-state index contributed by atoms with van der Waals surface area (Å²) in [6, 6.07) is 5.54. The van der Waals surface area contributed by atoms with Crippen LogP contribution in [-0.4, -0.2) is 51.2 Å². The van der Waals surface area contributed by atoms with Crippen molar-refractivity contribution in [2.75, 3.05) is 40.4 Å². The van der Waals surface area contributed by atoms with Crippen LogP contribution in [0.15, 0.2) is 24.3 Å². The van der Waals surface area contributed by atoms with Gasteiger partial charge in [0.1, 0.15) is 0 Å². The summed E-state index contributed by atoms with van der Waals surface area (Å²) < 4.78 is 10.4. The third-order valence-electron chi connectivity index (χ3n) is 3.68. The van der Waals surface area contributed by atoms with Crippen molar-refractivity contribution >= 4 is 24.4 Å². The molecule has 0 aliphatic rings. The van der Waals surface area contributed by atoms with Gasteiger partial charge in [0.2, 0.25) is 5.91 Å². The van der Waals surface area contributed by atoms with Gasteiger partial charge in [0.15, 0.2) is 11.5 Å². The number of hydrogen-bond donors (Lipinski definition) is 1. The zero-order valence-corrected chi connectivity index (χ0v) is 15.8. The van der Waals surface area contributed by atoms with Crippen molar-refractivity contribution in [3.8, 4) is 11.5 Å². The summed E-state index contributed by atoms with van der Waals surface area (Å²) in [5.74, 6) is 1.24. The van der Waals surface area contributed by atoms with Crippen molar-refractivity contribution in [3.63, 3.8) is 0 Å². The van der Waals surface area contributed by atoms with E-state index in [1.165, 1.54) is 0 Å². The van der Waals surface area contributed by atoms with E-state index in [-0.39, 0.29) is 18.3 Å². The maximum absolute atomic E-state index is 11.8. The molecule has 136 valence electrons. The number of rotatable bonds is 10. The minimum absolute atomic E-state index is 0. The fourth-order valence-corrected chi connectivity index (χ4v) is 2.24. The van der Waals surface area contributed by atoms with Gasteiger partial charge < -0.3 is 19.7 Å². The number of amides is 1. The average molecular weight is 357 g/mol. The molecule has 0 atom stereocenters. The number of methoxy groups -OCH3 is 2. The van der Waals surface area contributed by atoms with Crippen molar-refractivity contribution in [3.05, 3.63) is 29.8 Å². The maximum Gasteiger partial charge on any atom is 0.243 e. The highest BCUT2D eigenvalue weighted by Crippen LogP contribution is 2.27. The Morgan fingerprint density at radius 3 is 2.42 bits per heavy atom. The molecule has 1 rings (SSSR count). The predicted octanol–water partition coefficient (Wildman–Crippen LogP) is 2.99. The van der Waals surface area contributed by atoms with Gasteiger partial charge in [-0.3, -0.25) is 4.79 Å². The predicted molar refractivity (Wildman–Crippen MR) is 101 cm³/mol. The van der Waals surface area contributed by atoms with Crippen molar-refractivity contribution in [2.45, 2.75) is 20.3 Å². The molecule has 0 unspecified atom stereocenters. The zero-order chi connectivity index (χ0) is 17.1. The Labute approximate surface area is 151 Å². The molecule has 0 spiro atoms. The van der Waals surface area contributed by atoms with E-state index in [9.17, 15) is 4.79 Å². The van der Waals surface area contributed by atoms with Crippen molar-refractivity contribution < 1.29 is 14.3 Å². The van der Waals surface area contributed by atoms with Gasteiger partial charge in [0.05, 0.1) is 14.2 Å². The van der Waals surface area contributed by atoms with E-state index < -0.39 is 0 Å². The molecule has 24 heavy (non-hydrogen) atoms. The molecule has 1 N–H and O–H groups in total. The maximum atomic E-state index is 11.8. The molecule has 0 bridgehead atoms. The van der Waals surface area contributed by atoms with Gasteiger partial charge in [-0.05, 0) is 49.8 Å². The number of ether oxygens (including phenoxy) is 2. The number of nitrogens with zero attached hydrogens (tertiary/aromatic N) is 1. The minimum Gasteiger partial charge on any atom is -0.493 e. The molecule has 0 saturated carbocycles. The first-order valence-electron chi connectivity index (χ1n) is 8.04. The molecule has 0 aliphatic carbocycles. The van der Waals surface area contributed by atoms with E-state index in [0.717, 1.165) is 31.6 Å². The Hall–Kier alpha value is -1.72. The highest BCUT2D eigenvalue weighted by Gasteiger charge is 2.03. The van der Waals surface area contributed by atoms with Crippen molar-refractivity contribution in [1.82, 2.24) is 10.2 Å². The molecule has 0 radical (unpaired) electrons. The molecule has 1 aromatic carbocycles. The van der Waals surface area contributed by atoms with Crippen molar-refractivity contribution in [2.24, 2.45) is 0 Å². The van der Waals surface area contributed by atoms with Gasteiger partial charge in [-0.2, -0.15) is 0 Å². The smallest absolute Gasteiger partial charge is 0.243 e. The van der Waals surface area contributed by atoms with Crippen LogP contribution >= 0.6 is 12.4 Å². The number of halogens is 1. The quantitative estimate of drug-likeness (QED) is 0.517. The van der Waals surface area contributed by atoms with Crippen LogP contribution in [0.25, 0.3) is 6.08 Å². The Balaban J connectivity index is 0.00000529. The van der Waals surface area contributed by atoms with E-state index in [1.54, 1.807) is 26.4 Å². The molecule has 1 amide bonds. The molecule has 5 nitrogen and oxygen atoms in total. The van der Waals surface area contributed by atoms with Crippen molar-refractivity contribution in [1.29, 1.82) is 0 Å². The summed E-state index contributed by atoms with van der Waals surface area (Å²) in [5, 5.41) is 2.90. The lowest BCUT2D eigenvalue weighted by atomic mass is 10.2. The Bertz CT molecular complexity index is 517. The highest BCUT2D eigenvalue weighted by atomic mass is 35.5. The Morgan fingerprint density at radius 2 is 1.83 bits per heavy atom. The number of carbonyl (C=O) groups is 1. The molecule has 1 aromatic rings. The second-order valence-corrected chi connectivity index (χ2v) is 5.12. The topological polar surface area (TPSA) is 50.8 Å². The van der Waals surface area contributed by atoms with E-state index in [1.807, 2.05) is 18.2 Å². The third kappa shape index (κ3) is 7.70. The summed E-state index contributed by atoms with van der Waals surface area (Å²) in [5.41, 5.74) is 0.890. The van der Waals surface area contributed by atoms with E-state index in [2.05, 4.69) is 24.1 Å². The van der Waals surface area contributed by atoms with Gasteiger partial charge in [0.25, 0.3) is 0 Å². The first kappa shape index (κ1) is 22.3. The Morgan fingerprint density at radius 1 is 1.17 bits per heavy atom. The SMILES string of the molecule is CCN(CC)CCCNC(=O)C=Cc1ccc(OC)c(OC)c1.Cl. The van der Waals surface area contributed by atoms with Crippen LogP contribution in [-0.2, 0) is 4.79 Å². The normalized spacial score (nSPS) is 10.5. The lowest BCUT2D eigenvalue weighted by Crippen LogP contribution is -2.29. The summed E-state index contributed by atoms with van der Waals surface area (Å²) in [6.07, 6.45) is 4.26. The number of benzene rings is 1. The van der Waals surface area contributed by atoms with Gasteiger partial charge in [-0.1, -0.05) is 19.9 Å². The first-order valence-corrected chi connectivity index (χ1v) is 8.04. The molecule has 0 heterocycles. The van der Waals surface area contributed by atoms with Gasteiger partial charge in [0, 0.05) is 12.6 Å². The van der Waals surface area contributed by atoms with Gasteiger partial charge in [-0.15, -0.1) is 12.4 Å². The van der Waals surface area contributed by atoms with Crippen LogP contribution in [0.5, 0.6) is 11.5 Å². The highest BCUT2D eigenvalue weighted by molar-refractivity contribution is 5.91. The molecule has 0 aromatic heterocycles. The second kappa shape index (κ2) is 12.7. The van der Waals surface area contributed by atoms with Crippen LogP contribution in [0.4, 0.5) is 0 Å². The molecule has 0 saturated heterocycles. The van der Waals surface area contributed by atoms with Crippen LogP contribution in [0.1, 0.15) is 25.8 Å². The van der Waals surface area contributed by atoms with E-state index in [4.69, 9.17) is 9.47 Å². The third-order valence-corrected chi connectivity index (χ3v) is 3.68. The Kier molecular flexibility index (Phi) is 11.8. The fourth-order valence-electron chi connectivity index (χ4n) is 2.24. The van der Waals surface area contributed by atoms with Gasteiger partial charge >= 0.3 is 0 Å². The summed E-state index contributed by atoms with van der Waals surface area (Å²) in [6.45, 7) is 8.08. The largest absolute Gasteiger partial charge is 0.493 e. The summed E-state index contributed by atoms with van der Waals surface area (Å²) in [7, 11) is 3.19. The van der Waals surface area contributed by atoms with Crippen LogP contribution in [0.3, 0.4) is 0 Å². The van der Waals surface area contributed by atoms with Crippen LogP contribution in [0, 0.1) is 0 Å². The monoisotopic (exact) mass is 356 g/mol. The van der Waals surface area contributed by atoms with Crippen LogP contribution < -0.4 is 14.8 Å². The summed E-state index contributed by atoms with van der Waals surface area (Å²) >= 11 is 0. The van der Waals surface area contributed by atoms with E-state index >= 15 is 0 Å². The average Bonchev–Trinajstić information content (AvgIpc) is 2.59. The number of nitrogens with one attached hydrogen (secondary N) is 1. The number of hydrogen-bond acceptors (Lipinski definition) is 4. The summed E-state index contributed by atoms with van der Waals surface area (Å²) in [4.78, 5) is 14.1. The zero-order valence-electron chi connectivity index (χ0n) is 15.0.